The van der Waals surface area contributed by atoms with Gasteiger partial charge in [-0.3, -0.25) is 0 Å². The second-order valence-corrected chi connectivity index (χ2v) is 7.35. The lowest BCUT2D eigenvalue weighted by molar-refractivity contribution is 0.187. The molecule has 0 spiro atoms. The molecule has 1 aliphatic heterocycles. The Bertz CT molecular complexity index is 1070. The van der Waals surface area contributed by atoms with Gasteiger partial charge in [-0.1, -0.05) is 12.1 Å². The molecular weight excluding hydrogens is 384 g/mol. The lowest BCUT2D eigenvalue weighted by atomic mass is 9.99. The number of nitrogens with one attached hydrogen (secondary N) is 1. The zero-order valence-corrected chi connectivity index (χ0v) is 17.7. The minimum Gasteiger partial charge on any atom is -0.493 e. The predicted octanol–water partition coefficient (Wildman–Crippen LogP) is 4.29. The Hall–Kier alpha value is -3.35. The van der Waals surface area contributed by atoms with Gasteiger partial charge in [-0.2, -0.15) is 0 Å². The molecule has 0 fully saturated rings. The van der Waals surface area contributed by atoms with E-state index in [2.05, 4.69) is 5.32 Å². The molecule has 1 N–H and O–H groups in total. The summed E-state index contributed by atoms with van der Waals surface area (Å²) in [6.45, 7) is 3.06. The van der Waals surface area contributed by atoms with Crippen LogP contribution >= 0.6 is 0 Å². The maximum absolute atomic E-state index is 12.9. The van der Waals surface area contributed by atoms with Gasteiger partial charge >= 0.3 is 6.03 Å². The Morgan fingerprint density at radius 2 is 1.73 bits per heavy atom. The highest BCUT2D eigenvalue weighted by molar-refractivity contribution is 5.84. The van der Waals surface area contributed by atoms with Crippen molar-refractivity contribution in [3.05, 3.63) is 53.3 Å². The van der Waals surface area contributed by atoms with Crippen LogP contribution < -0.4 is 19.5 Å². The third-order valence-electron chi connectivity index (χ3n) is 5.52. The summed E-state index contributed by atoms with van der Waals surface area (Å²) in [5.74, 6) is 2.74. The van der Waals surface area contributed by atoms with Gasteiger partial charge in [0.05, 0.1) is 27.4 Å². The minimum absolute atomic E-state index is 0.129. The molecule has 2 heterocycles. The Labute approximate surface area is 175 Å². The summed E-state index contributed by atoms with van der Waals surface area (Å²) in [6, 6.07) is 11.2. The number of hydrogen-bond acceptors (Lipinski definition) is 5. The number of methoxy groups -OCH3 is 3. The highest BCUT2D eigenvalue weighted by Crippen LogP contribution is 2.34. The molecule has 2 amide bonds. The highest BCUT2D eigenvalue weighted by Gasteiger charge is 2.25. The van der Waals surface area contributed by atoms with Crippen LogP contribution in [0.4, 0.5) is 4.79 Å². The van der Waals surface area contributed by atoms with E-state index in [1.165, 1.54) is 5.56 Å². The SMILES string of the molecule is COc1cc2c(cc1OC)CN(C(=O)NC(C)c1cc3cccc(OC)c3o1)CC2. The van der Waals surface area contributed by atoms with Crippen LogP contribution in [0, 0.1) is 0 Å². The van der Waals surface area contributed by atoms with Gasteiger partial charge in [-0.15, -0.1) is 0 Å². The first-order valence-corrected chi connectivity index (χ1v) is 9.89. The third-order valence-corrected chi connectivity index (χ3v) is 5.52. The first-order valence-electron chi connectivity index (χ1n) is 9.89. The molecule has 1 atom stereocenters. The average Bonchev–Trinajstić information content (AvgIpc) is 3.22. The number of nitrogens with zero attached hydrogens (tertiary/aromatic N) is 1. The molecule has 7 nitrogen and oxygen atoms in total. The van der Waals surface area contributed by atoms with Crippen molar-refractivity contribution in [2.75, 3.05) is 27.9 Å². The molecule has 1 aliphatic rings. The second-order valence-electron chi connectivity index (χ2n) is 7.35. The fraction of sp³-hybridized carbons (Fsp3) is 0.348. The molecule has 158 valence electrons. The number of carbonyl (C=O) groups is 1. The number of ether oxygens (including phenoxy) is 3. The molecule has 30 heavy (non-hydrogen) atoms. The molecule has 4 rings (SSSR count). The molecule has 2 aromatic carbocycles. The lowest BCUT2D eigenvalue weighted by Crippen LogP contribution is -2.43. The standard InChI is InChI=1S/C23H26N2O5/c1-14(19-11-16-6-5-7-18(27-2)22(16)30-19)24-23(26)25-9-8-15-10-20(28-3)21(29-4)12-17(15)13-25/h5-7,10-12,14H,8-9,13H2,1-4H3,(H,24,26). The smallest absolute Gasteiger partial charge is 0.318 e. The summed E-state index contributed by atoms with van der Waals surface area (Å²) in [5.41, 5.74) is 2.92. The minimum atomic E-state index is -0.276. The summed E-state index contributed by atoms with van der Waals surface area (Å²) < 4.78 is 22.1. The average molecular weight is 410 g/mol. The zero-order chi connectivity index (χ0) is 21.3. The molecule has 0 saturated heterocycles. The van der Waals surface area contributed by atoms with Crippen LogP contribution in [0.25, 0.3) is 11.0 Å². The maximum Gasteiger partial charge on any atom is 0.318 e. The second kappa shape index (κ2) is 8.18. The zero-order valence-electron chi connectivity index (χ0n) is 17.7. The van der Waals surface area contributed by atoms with E-state index in [1.54, 1.807) is 26.2 Å². The molecule has 0 radical (unpaired) electrons. The van der Waals surface area contributed by atoms with Crippen LogP contribution in [-0.2, 0) is 13.0 Å². The number of amides is 2. The number of carbonyl (C=O) groups excluding carboxylic acids is 1. The van der Waals surface area contributed by atoms with Gasteiger partial charge in [-0.25, -0.2) is 4.79 Å². The largest absolute Gasteiger partial charge is 0.493 e. The van der Waals surface area contributed by atoms with Crippen LogP contribution in [0.15, 0.2) is 40.8 Å². The molecule has 1 aromatic heterocycles. The Morgan fingerprint density at radius 3 is 2.43 bits per heavy atom. The molecule has 7 heteroatoms. The highest BCUT2D eigenvalue weighted by atomic mass is 16.5. The number of fused-ring (bicyclic) bond motifs is 2. The van der Waals surface area contributed by atoms with Crippen molar-refractivity contribution in [3.8, 4) is 17.2 Å². The van der Waals surface area contributed by atoms with Crippen molar-refractivity contribution in [2.45, 2.75) is 25.9 Å². The van der Waals surface area contributed by atoms with Crippen molar-refractivity contribution in [1.82, 2.24) is 10.2 Å². The quantitative estimate of drug-likeness (QED) is 0.679. The maximum atomic E-state index is 12.9. The first kappa shape index (κ1) is 19.9. The summed E-state index contributed by atoms with van der Waals surface area (Å²) in [7, 11) is 4.85. The van der Waals surface area contributed by atoms with E-state index in [0.717, 1.165) is 17.4 Å². The number of hydrogen-bond donors (Lipinski definition) is 1. The fourth-order valence-electron chi connectivity index (χ4n) is 3.83. The molecular formula is C23H26N2O5. The fourth-order valence-corrected chi connectivity index (χ4v) is 3.83. The summed E-state index contributed by atoms with van der Waals surface area (Å²) in [6.07, 6.45) is 0.763. The number of urea groups is 1. The Balaban J connectivity index is 1.48. The van der Waals surface area contributed by atoms with Gasteiger partial charge in [0.2, 0.25) is 0 Å². The van der Waals surface area contributed by atoms with E-state index in [0.29, 0.717) is 41.7 Å². The monoisotopic (exact) mass is 410 g/mol. The van der Waals surface area contributed by atoms with Crippen molar-refractivity contribution in [2.24, 2.45) is 0 Å². The van der Waals surface area contributed by atoms with E-state index in [1.807, 2.05) is 43.3 Å². The number of furan rings is 1. The van der Waals surface area contributed by atoms with Gasteiger partial charge in [0, 0.05) is 18.5 Å². The number of rotatable bonds is 5. The van der Waals surface area contributed by atoms with Gasteiger partial charge in [-0.05, 0) is 48.7 Å². The van der Waals surface area contributed by atoms with Gasteiger partial charge < -0.3 is 28.8 Å². The van der Waals surface area contributed by atoms with Gasteiger partial charge in [0.25, 0.3) is 0 Å². The van der Waals surface area contributed by atoms with E-state index < -0.39 is 0 Å². The molecule has 0 aliphatic carbocycles. The van der Waals surface area contributed by atoms with E-state index >= 15 is 0 Å². The van der Waals surface area contributed by atoms with Crippen molar-refractivity contribution in [3.63, 3.8) is 0 Å². The summed E-state index contributed by atoms with van der Waals surface area (Å²) in [5, 5.41) is 3.99. The van der Waals surface area contributed by atoms with Crippen molar-refractivity contribution >= 4 is 17.0 Å². The van der Waals surface area contributed by atoms with Crippen molar-refractivity contribution < 1.29 is 23.4 Å². The number of para-hydroxylation sites is 1. The first-order chi connectivity index (χ1) is 14.5. The molecule has 3 aromatic rings. The van der Waals surface area contributed by atoms with Crippen molar-refractivity contribution in [1.29, 1.82) is 0 Å². The lowest BCUT2D eigenvalue weighted by Gasteiger charge is -2.30. The molecule has 1 unspecified atom stereocenters. The van der Waals surface area contributed by atoms with Gasteiger partial charge in [0.15, 0.2) is 22.8 Å². The number of benzene rings is 2. The Kier molecular flexibility index (Phi) is 5.44. The third kappa shape index (κ3) is 3.63. The normalized spacial score (nSPS) is 14.2. The van der Waals surface area contributed by atoms with Crippen LogP contribution in [0.5, 0.6) is 17.2 Å². The van der Waals surface area contributed by atoms with E-state index in [4.69, 9.17) is 18.6 Å². The Morgan fingerprint density at radius 1 is 1.03 bits per heavy atom. The van der Waals surface area contributed by atoms with Gasteiger partial charge in [0.1, 0.15) is 5.76 Å². The topological polar surface area (TPSA) is 73.2 Å². The molecule has 0 bridgehead atoms. The van der Waals surface area contributed by atoms with Crippen LogP contribution in [-0.4, -0.2) is 38.8 Å². The predicted molar refractivity (Wildman–Crippen MR) is 113 cm³/mol. The van der Waals surface area contributed by atoms with Crippen LogP contribution in [0.3, 0.4) is 0 Å². The van der Waals surface area contributed by atoms with Crippen LogP contribution in [0.2, 0.25) is 0 Å². The van der Waals surface area contributed by atoms with E-state index in [-0.39, 0.29) is 12.1 Å². The summed E-state index contributed by atoms with van der Waals surface area (Å²) >= 11 is 0. The summed E-state index contributed by atoms with van der Waals surface area (Å²) in [4.78, 5) is 14.7. The molecule has 0 saturated carbocycles. The van der Waals surface area contributed by atoms with E-state index in [9.17, 15) is 4.79 Å². The van der Waals surface area contributed by atoms with Crippen LogP contribution in [0.1, 0.15) is 29.9 Å².